The summed E-state index contributed by atoms with van der Waals surface area (Å²) in [6, 6.07) is 0. The lowest BCUT2D eigenvalue weighted by atomic mass is 9.44. The van der Waals surface area contributed by atoms with Crippen LogP contribution in [0.2, 0.25) is 0 Å². The number of oxime groups is 1. The van der Waals surface area contributed by atoms with E-state index < -0.39 is 0 Å². The molecule has 0 bridgehead atoms. The first kappa shape index (κ1) is 19.9. The molecule has 0 aromatic heterocycles. The van der Waals surface area contributed by atoms with Crippen molar-refractivity contribution in [3.8, 4) is 0 Å². The highest BCUT2D eigenvalue weighted by molar-refractivity contribution is 5.89. The zero-order chi connectivity index (χ0) is 20.3. The summed E-state index contributed by atoms with van der Waals surface area (Å²) in [5.74, 6) is 2.07. The summed E-state index contributed by atoms with van der Waals surface area (Å²) >= 11 is 0. The molecule has 28 heavy (non-hydrogen) atoms. The lowest BCUT2D eigenvalue weighted by Crippen LogP contribution is -2.58. The van der Waals surface area contributed by atoms with Crippen LogP contribution < -0.4 is 0 Å². The molecule has 4 aliphatic carbocycles. The van der Waals surface area contributed by atoms with Crippen molar-refractivity contribution in [1.82, 2.24) is 0 Å². The molecule has 5 heteroatoms. The summed E-state index contributed by atoms with van der Waals surface area (Å²) in [4.78, 5) is 25.0. The molecule has 4 rings (SSSR count). The van der Waals surface area contributed by atoms with E-state index in [2.05, 4.69) is 19.0 Å². The molecule has 0 spiro atoms. The SMILES string of the molecule is CC(=O)O[C@H]1CC[C@@]2(C)[C@@H](CC[C@H]3[C@@H]4CC[C@H](/C(C)=N/O)[C@@]4(C)CC(=O)[C@@H]32)C1. The predicted octanol–water partition coefficient (Wildman–Crippen LogP) is 4.61. The molecule has 4 saturated carbocycles. The number of nitrogens with zero attached hydrogens (tertiary/aromatic N) is 1. The van der Waals surface area contributed by atoms with Crippen molar-refractivity contribution in [2.24, 2.45) is 45.6 Å². The van der Waals surface area contributed by atoms with E-state index in [9.17, 15) is 14.8 Å². The maximum Gasteiger partial charge on any atom is 0.302 e. The summed E-state index contributed by atoms with van der Waals surface area (Å²) < 4.78 is 5.53. The van der Waals surface area contributed by atoms with Crippen molar-refractivity contribution in [2.45, 2.75) is 85.2 Å². The largest absolute Gasteiger partial charge is 0.463 e. The Kier molecular flexibility index (Phi) is 4.86. The van der Waals surface area contributed by atoms with Crippen molar-refractivity contribution in [3.63, 3.8) is 0 Å². The van der Waals surface area contributed by atoms with Gasteiger partial charge in [-0.1, -0.05) is 19.0 Å². The first-order chi connectivity index (χ1) is 13.2. The van der Waals surface area contributed by atoms with Gasteiger partial charge in [0.05, 0.1) is 5.71 Å². The third kappa shape index (κ3) is 2.83. The highest BCUT2D eigenvalue weighted by Gasteiger charge is 2.63. The minimum absolute atomic E-state index is 0.0235. The maximum absolute atomic E-state index is 13.6. The van der Waals surface area contributed by atoms with Gasteiger partial charge < -0.3 is 9.94 Å². The zero-order valence-corrected chi connectivity index (χ0v) is 17.7. The molecule has 0 aromatic rings. The van der Waals surface area contributed by atoms with E-state index in [4.69, 9.17) is 4.74 Å². The molecular weight excluding hydrogens is 354 g/mol. The first-order valence-corrected chi connectivity index (χ1v) is 11.1. The van der Waals surface area contributed by atoms with Gasteiger partial charge in [-0.25, -0.2) is 0 Å². The zero-order valence-electron chi connectivity index (χ0n) is 17.7. The fourth-order valence-corrected chi connectivity index (χ4v) is 8.13. The van der Waals surface area contributed by atoms with E-state index in [1.165, 1.54) is 6.92 Å². The second-order valence-corrected chi connectivity index (χ2v) is 10.6. The summed E-state index contributed by atoms with van der Waals surface area (Å²) in [6.45, 7) is 8.00. The van der Waals surface area contributed by atoms with E-state index in [1.807, 2.05) is 6.92 Å². The van der Waals surface area contributed by atoms with Gasteiger partial charge in [-0.2, -0.15) is 0 Å². The lowest BCUT2D eigenvalue weighted by molar-refractivity contribution is -0.168. The van der Waals surface area contributed by atoms with E-state index >= 15 is 0 Å². The molecule has 0 unspecified atom stereocenters. The molecule has 1 N–H and O–H groups in total. The number of carbonyl (C=O) groups is 2. The summed E-state index contributed by atoms with van der Waals surface area (Å²) in [6.07, 6.45) is 7.81. The van der Waals surface area contributed by atoms with E-state index in [-0.39, 0.29) is 34.7 Å². The number of fused-ring (bicyclic) bond motifs is 5. The summed E-state index contributed by atoms with van der Waals surface area (Å²) in [7, 11) is 0. The Labute approximate surface area is 168 Å². The number of carbonyl (C=O) groups excluding carboxylic acids is 2. The maximum atomic E-state index is 13.6. The van der Waals surface area contributed by atoms with E-state index in [1.54, 1.807) is 0 Å². The van der Waals surface area contributed by atoms with Gasteiger partial charge in [0.1, 0.15) is 11.9 Å². The van der Waals surface area contributed by atoms with Gasteiger partial charge in [0.25, 0.3) is 0 Å². The molecule has 0 aromatic carbocycles. The highest BCUT2D eigenvalue weighted by atomic mass is 16.5. The minimum Gasteiger partial charge on any atom is -0.463 e. The number of ketones is 1. The van der Waals surface area contributed by atoms with Crippen LogP contribution in [0.4, 0.5) is 0 Å². The average Bonchev–Trinajstić information content (AvgIpc) is 2.97. The third-order valence-electron chi connectivity index (χ3n) is 9.30. The fourth-order valence-electron chi connectivity index (χ4n) is 8.13. The van der Waals surface area contributed by atoms with Crippen LogP contribution >= 0.6 is 0 Å². The molecule has 4 aliphatic rings. The number of Topliss-reactive ketones (excluding diaryl/α,β-unsaturated/α-hetero) is 1. The number of hydrogen-bond donors (Lipinski definition) is 1. The molecule has 0 heterocycles. The second-order valence-electron chi connectivity index (χ2n) is 10.6. The minimum atomic E-state index is -0.190. The molecule has 0 radical (unpaired) electrons. The molecule has 5 nitrogen and oxygen atoms in total. The van der Waals surface area contributed by atoms with Crippen LogP contribution in [0, 0.1) is 40.4 Å². The average molecular weight is 390 g/mol. The molecule has 4 fully saturated rings. The first-order valence-electron chi connectivity index (χ1n) is 11.1. The smallest absolute Gasteiger partial charge is 0.302 e. The van der Waals surface area contributed by atoms with Crippen molar-refractivity contribution in [2.75, 3.05) is 0 Å². The Morgan fingerprint density at radius 2 is 1.86 bits per heavy atom. The summed E-state index contributed by atoms with van der Waals surface area (Å²) in [5.41, 5.74) is 0.765. The van der Waals surface area contributed by atoms with Gasteiger partial charge in [0.15, 0.2) is 0 Å². The Hall–Kier alpha value is -1.39. The molecule has 0 amide bonds. The fraction of sp³-hybridized carbons (Fsp3) is 0.870. The van der Waals surface area contributed by atoms with Crippen LogP contribution in [-0.2, 0) is 14.3 Å². The predicted molar refractivity (Wildman–Crippen MR) is 106 cm³/mol. The number of ether oxygens (including phenoxy) is 1. The van der Waals surface area contributed by atoms with Crippen molar-refractivity contribution in [3.05, 3.63) is 0 Å². The lowest BCUT2D eigenvalue weighted by Gasteiger charge is -2.60. The van der Waals surface area contributed by atoms with Crippen LogP contribution in [0.1, 0.15) is 79.1 Å². The van der Waals surface area contributed by atoms with Crippen LogP contribution in [0.25, 0.3) is 0 Å². The van der Waals surface area contributed by atoms with Crippen molar-refractivity contribution >= 4 is 17.5 Å². The van der Waals surface area contributed by atoms with Crippen LogP contribution in [-0.4, -0.2) is 28.8 Å². The Balaban J connectivity index is 1.60. The van der Waals surface area contributed by atoms with Crippen LogP contribution in [0.15, 0.2) is 5.16 Å². The molecule has 0 saturated heterocycles. The third-order valence-corrected chi connectivity index (χ3v) is 9.30. The number of esters is 1. The van der Waals surface area contributed by atoms with Crippen molar-refractivity contribution < 1.29 is 19.5 Å². The Bertz CT molecular complexity index is 703. The van der Waals surface area contributed by atoms with Gasteiger partial charge in [-0.05, 0) is 80.5 Å². The topological polar surface area (TPSA) is 76.0 Å². The van der Waals surface area contributed by atoms with Gasteiger partial charge in [0, 0.05) is 25.2 Å². The molecule has 156 valence electrons. The molecular formula is C23H35NO4. The number of hydrogen-bond acceptors (Lipinski definition) is 5. The van der Waals surface area contributed by atoms with Crippen LogP contribution in [0.5, 0.6) is 0 Å². The highest BCUT2D eigenvalue weighted by Crippen LogP contribution is 2.66. The van der Waals surface area contributed by atoms with Gasteiger partial charge in [-0.15, -0.1) is 0 Å². The van der Waals surface area contributed by atoms with Gasteiger partial charge in [0.2, 0.25) is 0 Å². The van der Waals surface area contributed by atoms with Crippen molar-refractivity contribution in [1.29, 1.82) is 0 Å². The standard InChI is InChI=1S/C23H35NO4/c1-13(24-27)18-7-8-19-17-6-5-15-11-16(28-14(2)25)9-10-22(15,3)21(17)20(26)12-23(18,19)4/h15-19,21,27H,5-12H2,1-4H3/b24-13+/t15-,16-,17-,18+,19-,21+,22-,23+/m0/s1. The van der Waals surface area contributed by atoms with Crippen LogP contribution in [0.3, 0.4) is 0 Å². The molecule has 0 aliphatic heterocycles. The quantitative estimate of drug-likeness (QED) is 0.324. The van der Waals surface area contributed by atoms with E-state index in [0.29, 0.717) is 30.0 Å². The Morgan fingerprint density at radius 3 is 2.54 bits per heavy atom. The summed E-state index contributed by atoms with van der Waals surface area (Å²) in [5, 5.41) is 12.9. The monoisotopic (exact) mass is 389 g/mol. The van der Waals surface area contributed by atoms with Gasteiger partial charge >= 0.3 is 5.97 Å². The van der Waals surface area contributed by atoms with Gasteiger partial charge in [-0.3, -0.25) is 9.59 Å². The molecule has 8 atom stereocenters. The number of rotatable bonds is 2. The normalized spacial score (nSPS) is 48.4. The van der Waals surface area contributed by atoms with E-state index in [0.717, 1.165) is 50.7 Å². The Morgan fingerprint density at radius 1 is 1.11 bits per heavy atom. The second kappa shape index (κ2) is 6.84.